The molecule has 1 aliphatic carbocycles. The number of rotatable bonds is 6. The third kappa shape index (κ3) is 5.02. The molecule has 9 nitrogen and oxygen atoms in total. The molecule has 0 radical (unpaired) electrons. The summed E-state index contributed by atoms with van der Waals surface area (Å²) in [5.74, 6) is 2.44. The Morgan fingerprint density at radius 2 is 1.96 bits per heavy atom. The van der Waals surface area contributed by atoms with Crippen molar-refractivity contribution in [1.29, 1.82) is 0 Å². The number of aromatic nitrogens is 3. The molecule has 1 saturated carbocycles. The number of sulfonamides is 1. The highest BCUT2D eigenvalue weighted by Gasteiger charge is 2.35. The van der Waals surface area contributed by atoms with E-state index in [1.807, 2.05) is 32.4 Å². The van der Waals surface area contributed by atoms with Gasteiger partial charge in [0.15, 0.2) is 11.8 Å². The van der Waals surface area contributed by atoms with Crippen LogP contribution < -0.4 is 10.0 Å². The summed E-state index contributed by atoms with van der Waals surface area (Å²) in [5.41, 5.74) is 0. The van der Waals surface area contributed by atoms with Crippen LogP contribution in [0.2, 0.25) is 0 Å². The minimum absolute atomic E-state index is 0.0945. The second kappa shape index (κ2) is 8.77. The second-order valence-corrected chi connectivity index (χ2v) is 10.2. The summed E-state index contributed by atoms with van der Waals surface area (Å²) in [5, 5.41) is 11.4. The predicted molar refractivity (Wildman–Crippen MR) is 109 cm³/mol. The fourth-order valence-corrected chi connectivity index (χ4v) is 5.46. The molecule has 0 spiro atoms. The first-order chi connectivity index (χ1) is 13.3. The first kappa shape index (κ1) is 21.0. The molecule has 2 fully saturated rings. The Labute approximate surface area is 168 Å². The zero-order chi connectivity index (χ0) is 20.3. The van der Waals surface area contributed by atoms with Crippen LogP contribution in [0.1, 0.15) is 57.6 Å². The first-order valence-electron chi connectivity index (χ1n) is 10.2. The Hall–Kier alpha value is -1.68. The standard InChI is InChI=1S/C18H33N7O2S/c1-13(2)23-28(26,27)16-9-10-25(12-16)18(20-15-7-5-6-8-15)19-11-17-22-21-14(3)24(17)4/h13,15-16,23H,5-12H2,1-4H3,(H,19,20). The van der Waals surface area contributed by atoms with Crippen LogP contribution in [0.4, 0.5) is 0 Å². The molecule has 2 heterocycles. The van der Waals surface area contributed by atoms with Gasteiger partial charge in [0, 0.05) is 32.2 Å². The number of guanidine groups is 1. The number of likely N-dealkylation sites (tertiary alicyclic amines) is 1. The van der Waals surface area contributed by atoms with Gasteiger partial charge in [-0.25, -0.2) is 18.1 Å². The van der Waals surface area contributed by atoms with Gasteiger partial charge in [-0.1, -0.05) is 12.8 Å². The molecule has 1 aliphatic heterocycles. The molecule has 0 bridgehead atoms. The van der Waals surface area contributed by atoms with Gasteiger partial charge in [0.2, 0.25) is 10.0 Å². The molecule has 3 rings (SSSR count). The first-order valence-corrected chi connectivity index (χ1v) is 11.7. The van der Waals surface area contributed by atoms with Gasteiger partial charge in [0.05, 0.1) is 5.25 Å². The molecule has 1 saturated heterocycles. The van der Waals surface area contributed by atoms with Crippen molar-refractivity contribution in [2.24, 2.45) is 12.0 Å². The molecular weight excluding hydrogens is 378 g/mol. The van der Waals surface area contributed by atoms with Gasteiger partial charge in [0.25, 0.3) is 0 Å². The lowest BCUT2D eigenvalue weighted by Crippen LogP contribution is -2.46. The molecular formula is C18H33N7O2S. The van der Waals surface area contributed by atoms with Crippen LogP contribution in [0.3, 0.4) is 0 Å². The maximum Gasteiger partial charge on any atom is 0.216 e. The van der Waals surface area contributed by atoms with Crippen molar-refractivity contribution in [2.75, 3.05) is 13.1 Å². The van der Waals surface area contributed by atoms with Crippen molar-refractivity contribution in [3.63, 3.8) is 0 Å². The second-order valence-electron chi connectivity index (χ2n) is 8.16. The Morgan fingerprint density at radius 3 is 2.57 bits per heavy atom. The summed E-state index contributed by atoms with van der Waals surface area (Å²) in [4.78, 5) is 6.86. The molecule has 10 heteroatoms. The lowest BCUT2D eigenvalue weighted by atomic mass is 10.2. The van der Waals surface area contributed by atoms with Crippen LogP contribution in [0.15, 0.2) is 4.99 Å². The molecule has 1 atom stereocenters. The Kier molecular flexibility index (Phi) is 6.59. The number of nitrogens with one attached hydrogen (secondary N) is 2. The normalized spacial score (nSPS) is 21.8. The van der Waals surface area contributed by atoms with E-state index in [4.69, 9.17) is 4.99 Å². The number of aliphatic imine (C=N–C) groups is 1. The average molecular weight is 412 g/mol. The molecule has 1 unspecified atom stereocenters. The number of hydrogen-bond donors (Lipinski definition) is 2. The van der Waals surface area contributed by atoms with E-state index in [2.05, 4.69) is 25.1 Å². The molecule has 0 aromatic carbocycles. The Balaban J connectivity index is 1.73. The van der Waals surface area contributed by atoms with Crippen LogP contribution in [0.5, 0.6) is 0 Å². The van der Waals surface area contributed by atoms with Gasteiger partial charge in [-0.3, -0.25) is 0 Å². The molecule has 28 heavy (non-hydrogen) atoms. The van der Waals surface area contributed by atoms with Crippen molar-refractivity contribution < 1.29 is 8.42 Å². The Bertz CT molecular complexity index is 797. The lowest BCUT2D eigenvalue weighted by molar-refractivity contribution is 0.467. The summed E-state index contributed by atoms with van der Waals surface area (Å²) in [7, 11) is -1.39. The fraction of sp³-hybridized carbons (Fsp3) is 0.833. The minimum Gasteiger partial charge on any atom is -0.353 e. The van der Waals surface area contributed by atoms with E-state index in [1.54, 1.807) is 0 Å². The highest BCUT2D eigenvalue weighted by atomic mass is 32.2. The molecule has 158 valence electrons. The highest BCUT2D eigenvalue weighted by molar-refractivity contribution is 7.90. The van der Waals surface area contributed by atoms with Crippen LogP contribution in [-0.2, 0) is 23.6 Å². The quantitative estimate of drug-likeness (QED) is 0.533. The zero-order valence-electron chi connectivity index (χ0n) is 17.3. The molecule has 1 aromatic heterocycles. The van der Waals surface area contributed by atoms with Gasteiger partial charge in [-0.05, 0) is 40.0 Å². The predicted octanol–water partition coefficient (Wildman–Crippen LogP) is 0.914. The zero-order valence-corrected chi connectivity index (χ0v) is 18.2. The van der Waals surface area contributed by atoms with Gasteiger partial charge < -0.3 is 14.8 Å². The van der Waals surface area contributed by atoms with Gasteiger partial charge >= 0.3 is 0 Å². The van der Waals surface area contributed by atoms with Crippen molar-refractivity contribution in [2.45, 2.75) is 76.8 Å². The highest BCUT2D eigenvalue weighted by Crippen LogP contribution is 2.21. The maximum absolute atomic E-state index is 12.6. The van der Waals surface area contributed by atoms with E-state index in [0.29, 0.717) is 32.1 Å². The van der Waals surface area contributed by atoms with E-state index in [-0.39, 0.29) is 6.04 Å². The summed E-state index contributed by atoms with van der Waals surface area (Å²) in [6, 6.07) is 0.312. The summed E-state index contributed by atoms with van der Waals surface area (Å²) < 4.78 is 29.8. The molecule has 2 aliphatic rings. The van der Waals surface area contributed by atoms with Gasteiger partial charge in [-0.2, -0.15) is 0 Å². The molecule has 0 amide bonds. The van der Waals surface area contributed by atoms with Crippen molar-refractivity contribution in [3.05, 3.63) is 11.6 Å². The van der Waals surface area contributed by atoms with Gasteiger partial charge in [-0.15, -0.1) is 10.2 Å². The average Bonchev–Trinajstić information content (AvgIpc) is 3.35. The Morgan fingerprint density at radius 1 is 1.25 bits per heavy atom. The summed E-state index contributed by atoms with van der Waals surface area (Å²) >= 11 is 0. The number of nitrogens with zero attached hydrogens (tertiary/aromatic N) is 5. The third-order valence-electron chi connectivity index (χ3n) is 5.52. The van der Waals surface area contributed by atoms with E-state index in [0.717, 1.165) is 30.5 Å². The summed E-state index contributed by atoms with van der Waals surface area (Å²) in [6.45, 7) is 7.17. The number of hydrogen-bond acceptors (Lipinski definition) is 5. The van der Waals surface area contributed by atoms with E-state index in [1.165, 1.54) is 12.8 Å². The minimum atomic E-state index is -3.32. The van der Waals surface area contributed by atoms with Crippen LogP contribution in [-0.4, -0.2) is 64.5 Å². The lowest BCUT2D eigenvalue weighted by Gasteiger charge is -2.25. The van der Waals surface area contributed by atoms with Crippen molar-refractivity contribution >= 4 is 16.0 Å². The monoisotopic (exact) mass is 411 g/mol. The van der Waals surface area contributed by atoms with E-state index < -0.39 is 15.3 Å². The van der Waals surface area contributed by atoms with Crippen LogP contribution in [0.25, 0.3) is 0 Å². The SMILES string of the molecule is Cc1nnc(CN=C(NC2CCCC2)N2CCC(S(=O)(=O)NC(C)C)C2)n1C. The largest absolute Gasteiger partial charge is 0.353 e. The summed E-state index contributed by atoms with van der Waals surface area (Å²) in [6.07, 6.45) is 5.32. The van der Waals surface area contributed by atoms with E-state index >= 15 is 0 Å². The topological polar surface area (TPSA) is 105 Å². The van der Waals surface area contributed by atoms with Crippen molar-refractivity contribution in [3.8, 4) is 0 Å². The molecule has 2 N–H and O–H groups in total. The fourth-order valence-electron chi connectivity index (χ4n) is 3.82. The van der Waals surface area contributed by atoms with Crippen LogP contribution in [0, 0.1) is 6.92 Å². The number of aryl methyl sites for hydroxylation is 1. The maximum atomic E-state index is 12.6. The van der Waals surface area contributed by atoms with Crippen molar-refractivity contribution in [1.82, 2.24) is 29.7 Å². The van der Waals surface area contributed by atoms with Crippen LogP contribution >= 0.6 is 0 Å². The van der Waals surface area contributed by atoms with Gasteiger partial charge in [0.1, 0.15) is 12.4 Å². The smallest absolute Gasteiger partial charge is 0.216 e. The van der Waals surface area contributed by atoms with E-state index in [9.17, 15) is 8.42 Å². The third-order valence-corrected chi connectivity index (χ3v) is 7.59. The molecule has 1 aromatic rings.